The standard InChI is InChI=1S/C14H10ClFN6O3/c15-9-2-1-3-10(16)8(9)7-21-5-4-12(20-21)18-14(23)13-11(22(24)25)6-17-19-13/h1-6H,7H2,(H,17,19)(H,18,20,23). The molecule has 25 heavy (non-hydrogen) atoms. The van der Waals surface area contributed by atoms with Crippen molar-refractivity contribution in [1.29, 1.82) is 0 Å². The van der Waals surface area contributed by atoms with Gasteiger partial charge in [-0.2, -0.15) is 10.2 Å². The fourth-order valence-electron chi connectivity index (χ4n) is 2.13. The quantitative estimate of drug-likeness (QED) is 0.532. The third kappa shape index (κ3) is 3.48. The molecule has 0 spiro atoms. The summed E-state index contributed by atoms with van der Waals surface area (Å²) in [5, 5.41) is 23.3. The van der Waals surface area contributed by atoms with Crippen molar-refractivity contribution in [1.82, 2.24) is 20.0 Å². The zero-order valence-corrected chi connectivity index (χ0v) is 13.2. The van der Waals surface area contributed by atoms with Gasteiger partial charge >= 0.3 is 5.69 Å². The first kappa shape index (κ1) is 16.6. The number of hydrogen-bond donors (Lipinski definition) is 2. The molecular formula is C14H10ClFN6O3. The van der Waals surface area contributed by atoms with Gasteiger partial charge in [0.15, 0.2) is 5.82 Å². The molecule has 0 aliphatic rings. The highest BCUT2D eigenvalue weighted by atomic mass is 35.5. The van der Waals surface area contributed by atoms with Gasteiger partial charge in [-0.25, -0.2) is 4.39 Å². The van der Waals surface area contributed by atoms with Crippen LogP contribution in [0.1, 0.15) is 16.1 Å². The molecule has 2 heterocycles. The van der Waals surface area contributed by atoms with E-state index < -0.39 is 22.3 Å². The summed E-state index contributed by atoms with van der Waals surface area (Å²) in [5.74, 6) is -1.10. The highest BCUT2D eigenvalue weighted by Crippen LogP contribution is 2.20. The molecule has 11 heteroatoms. The van der Waals surface area contributed by atoms with Crippen molar-refractivity contribution in [3.05, 3.63) is 68.9 Å². The van der Waals surface area contributed by atoms with Crippen LogP contribution in [0.15, 0.2) is 36.7 Å². The van der Waals surface area contributed by atoms with E-state index >= 15 is 0 Å². The number of rotatable bonds is 5. The predicted octanol–water partition coefficient (Wildman–Crippen LogP) is 2.61. The molecule has 1 aromatic carbocycles. The second-order valence-electron chi connectivity index (χ2n) is 4.94. The van der Waals surface area contributed by atoms with Gasteiger partial charge in [0.1, 0.15) is 12.0 Å². The van der Waals surface area contributed by atoms with Crippen LogP contribution in [0, 0.1) is 15.9 Å². The molecule has 9 nitrogen and oxygen atoms in total. The van der Waals surface area contributed by atoms with Gasteiger partial charge in [-0.3, -0.25) is 24.7 Å². The van der Waals surface area contributed by atoms with Gasteiger partial charge in [0.2, 0.25) is 5.69 Å². The van der Waals surface area contributed by atoms with E-state index in [-0.39, 0.29) is 28.6 Å². The molecule has 2 N–H and O–H groups in total. The number of H-pyrrole nitrogens is 1. The van der Waals surface area contributed by atoms with Crippen LogP contribution in [0.5, 0.6) is 0 Å². The summed E-state index contributed by atoms with van der Waals surface area (Å²) in [6.45, 7) is 0.0611. The number of amides is 1. The van der Waals surface area contributed by atoms with Crippen molar-refractivity contribution >= 4 is 29.0 Å². The molecule has 1 amide bonds. The third-order valence-corrected chi connectivity index (χ3v) is 3.66. The highest BCUT2D eigenvalue weighted by molar-refractivity contribution is 6.31. The second-order valence-corrected chi connectivity index (χ2v) is 5.35. The van der Waals surface area contributed by atoms with Crippen LogP contribution in [-0.2, 0) is 6.54 Å². The van der Waals surface area contributed by atoms with Gasteiger partial charge in [0.25, 0.3) is 5.91 Å². The van der Waals surface area contributed by atoms with Gasteiger partial charge in [0.05, 0.1) is 11.5 Å². The summed E-state index contributed by atoms with van der Waals surface area (Å²) in [7, 11) is 0. The Morgan fingerprint density at radius 2 is 2.24 bits per heavy atom. The van der Waals surface area contributed by atoms with E-state index in [0.717, 1.165) is 6.20 Å². The monoisotopic (exact) mass is 364 g/mol. The van der Waals surface area contributed by atoms with Gasteiger partial charge in [-0.1, -0.05) is 17.7 Å². The molecule has 0 bridgehead atoms. The smallest absolute Gasteiger partial charge is 0.304 e. The third-order valence-electron chi connectivity index (χ3n) is 3.31. The van der Waals surface area contributed by atoms with Gasteiger partial charge in [0, 0.05) is 22.8 Å². The number of hydrogen-bond acceptors (Lipinski definition) is 5. The molecule has 0 saturated heterocycles. The topological polar surface area (TPSA) is 119 Å². The first-order chi connectivity index (χ1) is 12.0. The van der Waals surface area contributed by atoms with Gasteiger partial charge in [-0.05, 0) is 12.1 Å². The van der Waals surface area contributed by atoms with E-state index in [2.05, 4.69) is 20.6 Å². The van der Waals surface area contributed by atoms with E-state index in [4.69, 9.17) is 11.6 Å². The highest BCUT2D eigenvalue weighted by Gasteiger charge is 2.23. The lowest BCUT2D eigenvalue weighted by molar-refractivity contribution is -0.385. The summed E-state index contributed by atoms with van der Waals surface area (Å²) in [5.41, 5.74) is -0.485. The molecule has 3 rings (SSSR count). The Morgan fingerprint density at radius 3 is 2.96 bits per heavy atom. The lowest BCUT2D eigenvalue weighted by Crippen LogP contribution is -2.15. The molecule has 0 atom stereocenters. The zero-order chi connectivity index (χ0) is 18.0. The molecule has 0 fully saturated rings. The zero-order valence-electron chi connectivity index (χ0n) is 12.4. The number of carbonyl (C=O) groups is 1. The Balaban J connectivity index is 1.75. The lowest BCUT2D eigenvalue weighted by atomic mass is 10.2. The average Bonchev–Trinajstić information content (AvgIpc) is 3.20. The number of anilines is 1. The van der Waals surface area contributed by atoms with E-state index in [1.165, 1.54) is 29.1 Å². The summed E-state index contributed by atoms with van der Waals surface area (Å²) in [4.78, 5) is 22.1. The fourth-order valence-corrected chi connectivity index (χ4v) is 2.35. The minimum Gasteiger partial charge on any atom is -0.304 e. The predicted molar refractivity (Wildman–Crippen MR) is 85.9 cm³/mol. The SMILES string of the molecule is O=C(Nc1ccn(Cc2c(F)cccc2Cl)n1)c1[nH]ncc1[N+](=O)[O-]. The van der Waals surface area contributed by atoms with Crippen LogP contribution in [0.2, 0.25) is 5.02 Å². The molecule has 3 aromatic rings. The molecule has 0 unspecified atom stereocenters. The van der Waals surface area contributed by atoms with E-state index in [1.54, 1.807) is 6.07 Å². The molecule has 0 aliphatic heterocycles. The van der Waals surface area contributed by atoms with Crippen molar-refractivity contribution < 1.29 is 14.1 Å². The van der Waals surface area contributed by atoms with Gasteiger partial charge in [-0.15, -0.1) is 0 Å². The number of halogens is 2. The number of benzene rings is 1. The molecule has 0 saturated carbocycles. The van der Waals surface area contributed by atoms with Crippen molar-refractivity contribution in [2.75, 3.05) is 5.32 Å². The van der Waals surface area contributed by atoms with Crippen LogP contribution in [0.25, 0.3) is 0 Å². The lowest BCUT2D eigenvalue weighted by Gasteiger charge is -2.06. The Kier molecular flexibility index (Phi) is 4.44. The fraction of sp³-hybridized carbons (Fsp3) is 0.0714. The number of aromatic nitrogens is 4. The average molecular weight is 365 g/mol. The van der Waals surface area contributed by atoms with E-state index in [0.29, 0.717) is 0 Å². The summed E-state index contributed by atoms with van der Waals surface area (Å²) in [6, 6.07) is 5.80. The minimum absolute atomic E-state index is 0.0611. The molecule has 0 aliphatic carbocycles. The molecule has 2 aromatic heterocycles. The van der Waals surface area contributed by atoms with Crippen molar-refractivity contribution in [2.45, 2.75) is 6.54 Å². The maximum Gasteiger partial charge on any atom is 0.319 e. The maximum absolute atomic E-state index is 13.8. The summed E-state index contributed by atoms with van der Waals surface area (Å²) in [6.07, 6.45) is 2.45. The Bertz CT molecular complexity index is 933. The first-order valence-electron chi connectivity index (χ1n) is 6.91. The van der Waals surface area contributed by atoms with Crippen LogP contribution < -0.4 is 5.32 Å². The minimum atomic E-state index is -0.765. The molecular weight excluding hydrogens is 355 g/mol. The second kappa shape index (κ2) is 6.69. The maximum atomic E-state index is 13.8. The molecule has 0 radical (unpaired) electrons. The first-order valence-corrected chi connectivity index (χ1v) is 7.29. The van der Waals surface area contributed by atoms with E-state index in [1.807, 2.05) is 0 Å². The van der Waals surface area contributed by atoms with Crippen molar-refractivity contribution in [3.63, 3.8) is 0 Å². The van der Waals surface area contributed by atoms with Crippen LogP contribution in [0.4, 0.5) is 15.9 Å². The number of nitrogens with one attached hydrogen (secondary N) is 2. The van der Waals surface area contributed by atoms with Crippen LogP contribution in [-0.4, -0.2) is 30.8 Å². The van der Waals surface area contributed by atoms with Crippen LogP contribution in [0.3, 0.4) is 0 Å². The largest absolute Gasteiger partial charge is 0.319 e. The van der Waals surface area contributed by atoms with E-state index in [9.17, 15) is 19.3 Å². The van der Waals surface area contributed by atoms with Crippen molar-refractivity contribution in [3.8, 4) is 0 Å². The van der Waals surface area contributed by atoms with Gasteiger partial charge < -0.3 is 5.32 Å². The number of nitrogens with zero attached hydrogens (tertiary/aromatic N) is 4. The van der Waals surface area contributed by atoms with Crippen molar-refractivity contribution in [2.24, 2.45) is 0 Å². The number of nitro groups is 1. The Labute approximate surface area is 144 Å². The summed E-state index contributed by atoms with van der Waals surface area (Å²) < 4.78 is 15.2. The molecule has 128 valence electrons. The number of aromatic amines is 1. The Morgan fingerprint density at radius 1 is 1.44 bits per heavy atom. The summed E-state index contributed by atoms with van der Waals surface area (Å²) >= 11 is 5.96. The Hall–Kier alpha value is -3.27. The van der Waals surface area contributed by atoms with Crippen LogP contribution >= 0.6 is 11.6 Å². The normalized spacial score (nSPS) is 10.6. The number of carbonyl (C=O) groups excluding carboxylic acids is 1.